The van der Waals surface area contributed by atoms with E-state index in [1.807, 2.05) is 43.3 Å². The van der Waals surface area contributed by atoms with Gasteiger partial charge in [0.1, 0.15) is 5.56 Å². The minimum atomic E-state index is -0.471. The highest BCUT2D eigenvalue weighted by molar-refractivity contribution is 6.33. The molecule has 0 aliphatic carbocycles. The van der Waals surface area contributed by atoms with Crippen molar-refractivity contribution in [3.63, 3.8) is 0 Å². The van der Waals surface area contributed by atoms with Crippen molar-refractivity contribution in [1.29, 1.82) is 0 Å². The van der Waals surface area contributed by atoms with E-state index in [9.17, 15) is 9.90 Å². The van der Waals surface area contributed by atoms with Gasteiger partial charge >= 0.3 is 0 Å². The second kappa shape index (κ2) is 6.14. The SMILES string of the molecule is Cc1ccc(-c2c(O)nc(Nc3ccccc3)[nH]c2=O)c(Cl)c1. The lowest BCUT2D eigenvalue weighted by Crippen LogP contribution is -2.13. The van der Waals surface area contributed by atoms with Crippen LogP contribution in [0.2, 0.25) is 5.02 Å². The van der Waals surface area contributed by atoms with Crippen LogP contribution in [0, 0.1) is 6.92 Å². The van der Waals surface area contributed by atoms with Gasteiger partial charge in [0.05, 0.1) is 0 Å². The molecule has 0 bridgehead atoms. The van der Waals surface area contributed by atoms with Crippen LogP contribution in [0.4, 0.5) is 11.6 Å². The molecule has 0 fully saturated rings. The first-order valence-corrected chi connectivity index (χ1v) is 7.34. The van der Waals surface area contributed by atoms with Crippen molar-refractivity contribution in [2.45, 2.75) is 6.92 Å². The maximum absolute atomic E-state index is 12.3. The summed E-state index contributed by atoms with van der Waals surface area (Å²) < 4.78 is 0. The van der Waals surface area contributed by atoms with Gasteiger partial charge in [-0.2, -0.15) is 4.98 Å². The van der Waals surface area contributed by atoms with Gasteiger partial charge in [-0.3, -0.25) is 9.78 Å². The number of aromatic hydroxyl groups is 1. The Morgan fingerprint density at radius 1 is 1.17 bits per heavy atom. The Bertz CT molecular complexity index is 907. The summed E-state index contributed by atoms with van der Waals surface area (Å²) in [5, 5.41) is 13.5. The molecule has 3 N–H and O–H groups in total. The third-order valence-corrected chi connectivity index (χ3v) is 3.64. The predicted octanol–water partition coefficient (Wildman–Crippen LogP) is 3.85. The summed E-state index contributed by atoms with van der Waals surface area (Å²) in [6.07, 6.45) is 0. The first-order chi connectivity index (χ1) is 11.0. The van der Waals surface area contributed by atoms with Gasteiger partial charge in [-0.1, -0.05) is 41.9 Å². The lowest BCUT2D eigenvalue weighted by atomic mass is 10.1. The van der Waals surface area contributed by atoms with Crippen molar-refractivity contribution in [3.8, 4) is 17.0 Å². The Morgan fingerprint density at radius 3 is 2.57 bits per heavy atom. The van der Waals surface area contributed by atoms with E-state index in [1.54, 1.807) is 12.1 Å². The molecule has 0 saturated heterocycles. The zero-order chi connectivity index (χ0) is 16.4. The number of hydrogen-bond donors (Lipinski definition) is 3. The fourth-order valence-corrected chi connectivity index (χ4v) is 2.57. The van der Waals surface area contributed by atoms with Crippen molar-refractivity contribution in [1.82, 2.24) is 9.97 Å². The molecule has 0 aliphatic heterocycles. The summed E-state index contributed by atoms with van der Waals surface area (Å²) in [4.78, 5) is 18.9. The predicted molar refractivity (Wildman–Crippen MR) is 91.4 cm³/mol. The first kappa shape index (κ1) is 15.1. The van der Waals surface area contributed by atoms with E-state index < -0.39 is 5.56 Å². The second-order valence-corrected chi connectivity index (χ2v) is 5.49. The number of H-pyrrole nitrogens is 1. The van der Waals surface area contributed by atoms with Crippen LogP contribution in [-0.2, 0) is 0 Å². The van der Waals surface area contributed by atoms with Crippen molar-refractivity contribution in [2.24, 2.45) is 0 Å². The Hall–Kier alpha value is -2.79. The zero-order valence-corrected chi connectivity index (χ0v) is 13.1. The van der Waals surface area contributed by atoms with Crippen LogP contribution in [0.3, 0.4) is 0 Å². The van der Waals surface area contributed by atoms with Crippen LogP contribution in [-0.4, -0.2) is 15.1 Å². The van der Waals surface area contributed by atoms with Crippen LogP contribution in [0.15, 0.2) is 53.3 Å². The molecule has 1 aromatic heterocycles. The van der Waals surface area contributed by atoms with Gasteiger partial charge in [-0.05, 0) is 30.7 Å². The molecular weight excluding hydrogens is 314 g/mol. The van der Waals surface area contributed by atoms with Crippen LogP contribution in [0.25, 0.3) is 11.1 Å². The van der Waals surface area contributed by atoms with E-state index in [-0.39, 0.29) is 17.4 Å². The average Bonchev–Trinajstić information content (AvgIpc) is 2.50. The van der Waals surface area contributed by atoms with Crippen LogP contribution in [0.5, 0.6) is 5.88 Å². The normalized spacial score (nSPS) is 10.5. The van der Waals surface area contributed by atoms with Gasteiger partial charge in [0.25, 0.3) is 5.56 Å². The van der Waals surface area contributed by atoms with Crippen molar-refractivity contribution in [3.05, 3.63) is 69.5 Å². The molecule has 0 aliphatic rings. The summed E-state index contributed by atoms with van der Waals surface area (Å²) in [5.41, 5.74) is 1.73. The number of para-hydroxylation sites is 1. The molecule has 3 rings (SSSR count). The largest absolute Gasteiger partial charge is 0.493 e. The van der Waals surface area contributed by atoms with Crippen molar-refractivity contribution < 1.29 is 5.11 Å². The second-order valence-electron chi connectivity index (χ2n) is 5.09. The number of aryl methyl sites for hydroxylation is 1. The molecule has 2 aromatic carbocycles. The molecule has 0 saturated carbocycles. The van der Waals surface area contributed by atoms with E-state index in [0.29, 0.717) is 10.6 Å². The maximum atomic E-state index is 12.3. The Kier molecular flexibility index (Phi) is 4.04. The number of aromatic nitrogens is 2. The Labute approximate surface area is 137 Å². The molecule has 116 valence electrons. The molecule has 6 heteroatoms. The van der Waals surface area contributed by atoms with E-state index in [2.05, 4.69) is 15.3 Å². The third-order valence-electron chi connectivity index (χ3n) is 3.33. The number of nitrogens with one attached hydrogen (secondary N) is 2. The maximum Gasteiger partial charge on any atom is 0.264 e. The highest BCUT2D eigenvalue weighted by Crippen LogP contribution is 2.31. The monoisotopic (exact) mass is 327 g/mol. The summed E-state index contributed by atoms with van der Waals surface area (Å²) in [6, 6.07) is 14.4. The highest BCUT2D eigenvalue weighted by atomic mass is 35.5. The summed E-state index contributed by atoms with van der Waals surface area (Å²) in [6.45, 7) is 1.89. The van der Waals surface area contributed by atoms with E-state index >= 15 is 0 Å². The third kappa shape index (κ3) is 3.19. The topological polar surface area (TPSA) is 78.0 Å². The molecule has 5 nitrogen and oxygen atoms in total. The smallest absolute Gasteiger partial charge is 0.264 e. The highest BCUT2D eigenvalue weighted by Gasteiger charge is 2.16. The molecule has 3 aromatic rings. The summed E-state index contributed by atoms with van der Waals surface area (Å²) >= 11 is 6.17. The molecule has 0 spiro atoms. The summed E-state index contributed by atoms with van der Waals surface area (Å²) in [7, 11) is 0. The van der Waals surface area contributed by atoms with Gasteiger partial charge in [0.15, 0.2) is 0 Å². The molecule has 1 heterocycles. The van der Waals surface area contributed by atoms with E-state index in [1.165, 1.54) is 0 Å². The fourth-order valence-electron chi connectivity index (χ4n) is 2.24. The zero-order valence-electron chi connectivity index (χ0n) is 12.3. The number of nitrogens with zero attached hydrogens (tertiary/aromatic N) is 1. The Balaban J connectivity index is 2.03. The lowest BCUT2D eigenvalue weighted by Gasteiger charge is -2.09. The summed E-state index contributed by atoms with van der Waals surface area (Å²) in [5.74, 6) is -0.219. The van der Waals surface area contributed by atoms with E-state index in [4.69, 9.17) is 11.6 Å². The van der Waals surface area contributed by atoms with Gasteiger partial charge in [-0.25, -0.2) is 0 Å². The van der Waals surface area contributed by atoms with Crippen molar-refractivity contribution >= 4 is 23.2 Å². The van der Waals surface area contributed by atoms with E-state index in [0.717, 1.165) is 11.3 Å². The first-order valence-electron chi connectivity index (χ1n) is 6.96. The molecule has 0 unspecified atom stereocenters. The molecule has 0 radical (unpaired) electrons. The van der Waals surface area contributed by atoms with Gasteiger partial charge in [0.2, 0.25) is 11.8 Å². The number of rotatable bonds is 3. The fraction of sp³-hybridized carbons (Fsp3) is 0.0588. The number of anilines is 2. The van der Waals surface area contributed by atoms with Gasteiger partial charge in [0, 0.05) is 16.3 Å². The van der Waals surface area contributed by atoms with Crippen LogP contribution < -0.4 is 10.9 Å². The molecular formula is C17H14ClN3O2. The van der Waals surface area contributed by atoms with Crippen LogP contribution >= 0.6 is 11.6 Å². The standard InChI is InChI=1S/C17H14ClN3O2/c1-10-7-8-12(13(18)9-10)14-15(22)20-17(21-16(14)23)19-11-5-3-2-4-6-11/h2-9H,1H3,(H3,19,20,21,22,23). The Morgan fingerprint density at radius 2 is 1.91 bits per heavy atom. The number of halogens is 1. The molecule has 23 heavy (non-hydrogen) atoms. The van der Waals surface area contributed by atoms with Gasteiger partial charge < -0.3 is 10.4 Å². The van der Waals surface area contributed by atoms with Crippen LogP contribution in [0.1, 0.15) is 5.56 Å². The number of aromatic amines is 1. The molecule has 0 amide bonds. The average molecular weight is 328 g/mol. The number of benzene rings is 2. The van der Waals surface area contributed by atoms with Gasteiger partial charge in [-0.15, -0.1) is 0 Å². The van der Waals surface area contributed by atoms with Crippen molar-refractivity contribution in [2.75, 3.05) is 5.32 Å². The molecule has 0 atom stereocenters. The minimum absolute atomic E-state index is 0.0496. The quantitative estimate of drug-likeness (QED) is 0.683. The lowest BCUT2D eigenvalue weighted by molar-refractivity contribution is 0.454. The minimum Gasteiger partial charge on any atom is -0.493 e. The number of hydrogen-bond acceptors (Lipinski definition) is 4.